The van der Waals surface area contributed by atoms with E-state index in [1.54, 1.807) is 35.2 Å². The summed E-state index contributed by atoms with van der Waals surface area (Å²) < 4.78 is 42.0. The van der Waals surface area contributed by atoms with Crippen LogP contribution in [0.4, 0.5) is 14.5 Å². The van der Waals surface area contributed by atoms with Crippen LogP contribution in [-0.2, 0) is 11.2 Å². The van der Waals surface area contributed by atoms with Gasteiger partial charge in [0.25, 0.3) is 0 Å². The number of hydrogen-bond donors (Lipinski definition) is 1. The van der Waals surface area contributed by atoms with Crippen LogP contribution in [0.15, 0.2) is 48.9 Å². The number of fused-ring (bicyclic) bond motifs is 1. The van der Waals surface area contributed by atoms with Crippen molar-refractivity contribution in [2.75, 3.05) is 31.7 Å². The minimum absolute atomic E-state index is 0.0917. The zero-order valence-electron chi connectivity index (χ0n) is 21.7. The Kier molecular flexibility index (Phi) is 7.67. The lowest BCUT2D eigenvalue weighted by Crippen LogP contribution is -2.57. The number of nitrogens with zero attached hydrogens (tertiary/aromatic N) is 6. The van der Waals surface area contributed by atoms with Crippen molar-refractivity contribution in [3.05, 3.63) is 71.9 Å². The van der Waals surface area contributed by atoms with Crippen molar-refractivity contribution in [1.29, 1.82) is 5.26 Å². The van der Waals surface area contributed by atoms with Crippen molar-refractivity contribution in [2.45, 2.75) is 31.9 Å². The number of ether oxygens (including phenoxy) is 2. The zero-order chi connectivity index (χ0) is 27.5. The van der Waals surface area contributed by atoms with Crippen molar-refractivity contribution < 1.29 is 18.3 Å². The van der Waals surface area contributed by atoms with E-state index in [9.17, 15) is 8.78 Å². The largest absolute Gasteiger partial charge is 0.497 e. The van der Waals surface area contributed by atoms with Crippen molar-refractivity contribution in [2.24, 2.45) is 11.7 Å². The minimum atomic E-state index is -0.764. The average molecular weight is 534 g/mol. The molecule has 0 amide bonds. The maximum absolute atomic E-state index is 14.8. The summed E-state index contributed by atoms with van der Waals surface area (Å²) >= 11 is 0. The Morgan fingerprint density at radius 3 is 2.67 bits per heavy atom. The monoisotopic (exact) mass is 533 g/mol. The van der Waals surface area contributed by atoms with Gasteiger partial charge >= 0.3 is 0 Å². The van der Waals surface area contributed by atoms with Gasteiger partial charge in [0.2, 0.25) is 0 Å². The lowest BCUT2D eigenvalue weighted by molar-refractivity contribution is -0.00335. The van der Waals surface area contributed by atoms with Crippen LogP contribution in [0.3, 0.4) is 0 Å². The number of anilines is 1. The topological polar surface area (TPSA) is 115 Å². The van der Waals surface area contributed by atoms with Gasteiger partial charge in [-0.1, -0.05) is 6.92 Å². The summed E-state index contributed by atoms with van der Waals surface area (Å²) in [5, 5.41) is 13.3. The molecule has 5 rings (SSSR count). The Morgan fingerprint density at radius 2 is 1.95 bits per heavy atom. The van der Waals surface area contributed by atoms with Crippen LogP contribution in [0.5, 0.6) is 5.75 Å². The molecule has 3 aromatic heterocycles. The van der Waals surface area contributed by atoms with E-state index >= 15 is 0 Å². The van der Waals surface area contributed by atoms with Gasteiger partial charge in [-0.05, 0) is 18.2 Å². The van der Waals surface area contributed by atoms with Crippen LogP contribution in [0.25, 0.3) is 16.8 Å². The first-order chi connectivity index (χ1) is 18.9. The SMILES string of the molecule is COc1cc(F)c(-c2ccc3cnc(Cc4cnccc4N4C[C@@H](N)[C@@H](OCCC#N)[C@@H](C)C4)n3n2)c(F)c1. The van der Waals surface area contributed by atoms with Gasteiger partial charge in [0.05, 0.1) is 55.3 Å². The molecule has 0 unspecified atom stereocenters. The van der Waals surface area contributed by atoms with Crippen LogP contribution >= 0.6 is 0 Å². The first-order valence-electron chi connectivity index (χ1n) is 12.7. The molecule has 3 atom stereocenters. The number of imidazole rings is 1. The van der Waals surface area contributed by atoms with E-state index in [0.29, 0.717) is 37.3 Å². The predicted molar refractivity (Wildman–Crippen MR) is 141 cm³/mol. The number of methoxy groups -OCH3 is 1. The molecule has 0 bridgehead atoms. The minimum Gasteiger partial charge on any atom is -0.497 e. The quantitative estimate of drug-likeness (QED) is 0.341. The van der Waals surface area contributed by atoms with Crippen LogP contribution in [0.2, 0.25) is 0 Å². The number of piperidine rings is 1. The number of aromatic nitrogens is 4. The molecule has 9 nitrogen and oxygen atoms in total. The molecule has 202 valence electrons. The standard InChI is InChI=1S/C28H29F2N7O2/c1-17-15-36(16-23(32)28(17)39-9-3-7-31)25-6-8-33-13-18(25)10-26-34-14-19-4-5-24(35-37(19)26)27-21(29)11-20(38-2)12-22(27)30/h4-6,8,11-14,17,23,28H,3,9-10,15-16,32H2,1-2H3/t17-,23+,28-/m0/s1. The number of rotatable bonds is 8. The third kappa shape index (κ3) is 5.39. The van der Waals surface area contributed by atoms with Crippen LogP contribution < -0.4 is 15.4 Å². The molecule has 1 aliphatic heterocycles. The lowest BCUT2D eigenvalue weighted by atomic mass is 9.91. The van der Waals surface area contributed by atoms with Gasteiger partial charge in [0.1, 0.15) is 23.2 Å². The number of halogens is 2. The highest BCUT2D eigenvalue weighted by Crippen LogP contribution is 2.31. The number of nitrogens with two attached hydrogens (primary N) is 1. The lowest BCUT2D eigenvalue weighted by Gasteiger charge is -2.42. The molecule has 0 aliphatic carbocycles. The summed E-state index contributed by atoms with van der Waals surface area (Å²) in [4.78, 5) is 11.1. The van der Waals surface area contributed by atoms with Crippen molar-refractivity contribution >= 4 is 11.2 Å². The van der Waals surface area contributed by atoms with Crippen LogP contribution in [0, 0.1) is 28.9 Å². The van der Waals surface area contributed by atoms with Gasteiger partial charge in [-0.15, -0.1) is 0 Å². The van der Waals surface area contributed by atoms with Gasteiger partial charge in [0, 0.05) is 67.2 Å². The summed E-state index contributed by atoms with van der Waals surface area (Å²) in [6, 6.07) is 9.37. The van der Waals surface area contributed by atoms with Gasteiger partial charge < -0.3 is 20.1 Å². The fraction of sp³-hybridized carbons (Fsp3) is 0.357. The highest BCUT2D eigenvalue weighted by molar-refractivity contribution is 5.64. The molecular formula is C28H29F2N7O2. The van der Waals surface area contributed by atoms with Crippen molar-refractivity contribution in [1.82, 2.24) is 19.6 Å². The average Bonchev–Trinajstić information content (AvgIpc) is 3.32. The van der Waals surface area contributed by atoms with Gasteiger partial charge in [-0.25, -0.2) is 18.3 Å². The Morgan fingerprint density at radius 1 is 1.15 bits per heavy atom. The zero-order valence-corrected chi connectivity index (χ0v) is 21.7. The molecule has 2 N–H and O–H groups in total. The van der Waals surface area contributed by atoms with Crippen molar-refractivity contribution in [3.8, 4) is 23.1 Å². The highest BCUT2D eigenvalue weighted by atomic mass is 19.1. The van der Waals surface area contributed by atoms with Crippen LogP contribution in [0.1, 0.15) is 24.7 Å². The molecule has 0 saturated carbocycles. The van der Waals surface area contributed by atoms with Gasteiger partial charge in [-0.3, -0.25) is 4.98 Å². The van der Waals surface area contributed by atoms with Gasteiger partial charge in [-0.2, -0.15) is 10.4 Å². The molecule has 11 heteroatoms. The summed E-state index contributed by atoms with van der Waals surface area (Å²) in [6.07, 6.45) is 5.79. The molecular weight excluding hydrogens is 504 g/mol. The smallest absolute Gasteiger partial charge is 0.139 e. The Hall–Kier alpha value is -4.14. The molecule has 4 aromatic rings. The predicted octanol–water partition coefficient (Wildman–Crippen LogP) is 3.75. The number of pyridine rings is 1. The Balaban J connectivity index is 1.42. The number of benzene rings is 1. The van der Waals surface area contributed by atoms with E-state index in [2.05, 4.69) is 33.0 Å². The van der Waals surface area contributed by atoms with E-state index in [1.165, 1.54) is 7.11 Å². The van der Waals surface area contributed by atoms with Crippen LogP contribution in [-0.4, -0.2) is 58.5 Å². The van der Waals surface area contributed by atoms with Gasteiger partial charge in [0.15, 0.2) is 0 Å². The van der Waals surface area contributed by atoms with E-state index in [0.717, 1.165) is 29.9 Å². The first-order valence-corrected chi connectivity index (χ1v) is 12.7. The molecule has 39 heavy (non-hydrogen) atoms. The highest BCUT2D eigenvalue weighted by Gasteiger charge is 2.34. The molecule has 1 aliphatic rings. The molecule has 0 radical (unpaired) electrons. The number of nitriles is 1. The second-order valence-corrected chi connectivity index (χ2v) is 9.67. The van der Waals surface area contributed by atoms with E-state index in [-0.39, 0.29) is 35.1 Å². The molecule has 1 aromatic carbocycles. The third-order valence-electron chi connectivity index (χ3n) is 6.98. The molecule has 4 heterocycles. The molecule has 1 saturated heterocycles. The van der Waals surface area contributed by atoms with E-state index < -0.39 is 11.6 Å². The fourth-order valence-electron chi connectivity index (χ4n) is 5.17. The van der Waals surface area contributed by atoms with Crippen molar-refractivity contribution in [3.63, 3.8) is 0 Å². The Labute approximate surface area is 224 Å². The summed E-state index contributed by atoms with van der Waals surface area (Å²) in [7, 11) is 1.35. The normalized spacial score (nSPS) is 19.3. The second-order valence-electron chi connectivity index (χ2n) is 9.67. The van der Waals surface area contributed by atoms with E-state index in [4.69, 9.17) is 20.5 Å². The third-order valence-corrected chi connectivity index (χ3v) is 6.98. The van der Waals surface area contributed by atoms with E-state index in [1.807, 2.05) is 6.07 Å². The summed E-state index contributed by atoms with van der Waals surface area (Å²) in [6.45, 7) is 3.77. The summed E-state index contributed by atoms with van der Waals surface area (Å²) in [5.41, 5.74) is 8.99. The maximum Gasteiger partial charge on any atom is 0.139 e. The Bertz CT molecular complexity index is 1480. The second kappa shape index (κ2) is 11.3. The molecule has 0 spiro atoms. The molecule has 1 fully saturated rings. The first kappa shape index (κ1) is 26.5. The number of hydrogen-bond acceptors (Lipinski definition) is 8. The fourth-order valence-corrected chi connectivity index (χ4v) is 5.17. The summed E-state index contributed by atoms with van der Waals surface area (Å²) in [5.74, 6) is -0.684. The maximum atomic E-state index is 14.8.